The van der Waals surface area contributed by atoms with Crippen LogP contribution in [0.2, 0.25) is 5.02 Å². The van der Waals surface area contributed by atoms with Crippen molar-refractivity contribution < 1.29 is 33.3 Å². The van der Waals surface area contributed by atoms with Crippen LogP contribution in [0.5, 0.6) is 23.0 Å². The topological polar surface area (TPSA) is 103 Å². The Kier molecular flexibility index (Phi) is 7.00. The SMILES string of the molecule is COc1cc(/C=C2/C(=O)NC(=O)N(c3ccc(C)c(Cl)c3)C2=O)cc(Br)c1OCc1ccc2c(c1)OCO2. The van der Waals surface area contributed by atoms with Gasteiger partial charge in [0.15, 0.2) is 23.0 Å². The number of methoxy groups -OCH3 is 1. The first-order valence-corrected chi connectivity index (χ1v) is 12.5. The highest BCUT2D eigenvalue weighted by Crippen LogP contribution is 2.39. The van der Waals surface area contributed by atoms with Crippen molar-refractivity contribution in [1.82, 2.24) is 5.32 Å². The number of aryl methyl sites for hydroxylation is 1. The fraction of sp³-hybridized carbons (Fsp3) is 0.148. The van der Waals surface area contributed by atoms with Gasteiger partial charge in [0, 0.05) is 5.02 Å². The average molecular weight is 600 g/mol. The molecule has 3 aromatic carbocycles. The molecular weight excluding hydrogens is 580 g/mol. The van der Waals surface area contributed by atoms with Crippen LogP contribution < -0.4 is 29.2 Å². The van der Waals surface area contributed by atoms with Gasteiger partial charge in [0.25, 0.3) is 11.8 Å². The largest absolute Gasteiger partial charge is 0.493 e. The van der Waals surface area contributed by atoms with E-state index in [1.54, 1.807) is 31.2 Å². The molecule has 5 rings (SSSR count). The Morgan fingerprint density at radius 2 is 1.87 bits per heavy atom. The molecular formula is C27H20BrClN2O7. The Morgan fingerprint density at radius 1 is 1.08 bits per heavy atom. The standard InChI is InChI=1S/C27H20BrClN2O7/c1-14-3-5-17(11-20(14)29)31-26(33)18(25(32)30-27(31)34)7-16-8-19(28)24(23(10-16)35-2)36-12-15-4-6-21-22(9-15)38-13-37-21/h3-11H,12-13H2,1-2H3,(H,30,32,34)/b18-7-. The summed E-state index contributed by atoms with van der Waals surface area (Å²) in [5.74, 6) is 0.531. The maximum atomic E-state index is 13.2. The van der Waals surface area contributed by atoms with Gasteiger partial charge in [-0.15, -0.1) is 0 Å². The van der Waals surface area contributed by atoms with Crippen LogP contribution in [-0.2, 0) is 16.2 Å². The summed E-state index contributed by atoms with van der Waals surface area (Å²) < 4.78 is 22.8. The first-order chi connectivity index (χ1) is 18.2. The van der Waals surface area contributed by atoms with Crippen molar-refractivity contribution in [3.63, 3.8) is 0 Å². The molecule has 0 saturated carbocycles. The number of carbonyl (C=O) groups is 3. The number of hydrogen-bond acceptors (Lipinski definition) is 7. The molecule has 0 aliphatic carbocycles. The Labute approximate surface area is 231 Å². The average Bonchev–Trinajstić information content (AvgIpc) is 3.35. The van der Waals surface area contributed by atoms with Crippen LogP contribution in [-0.4, -0.2) is 31.7 Å². The van der Waals surface area contributed by atoms with Gasteiger partial charge in [0.05, 0.1) is 17.3 Å². The molecule has 4 amide bonds. The molecule has 9 nitrogen and oxygen atoms in total. The third-order valence-corrected chi connectivity index (χ3v) is 6.89. The molecule has 2 heterocycles. The van der Waals surface area contributed by atoms with Gasteiger partial charge in [0.2, 0.25) is 6.79 Å². The van der Waals surface area contributed by atoms with E-state index >= 15 is 0 Å². The second-order valence-corrected chi connectivity index (χ2v) is 9.66. The van der Waals surface area contributed by atoms with Gasteiger partial charge in [-0.25, -0.2) is 9.69 Å². The van der Waals surface area contributed by atoms with E-state index < -0.39 is 17.8 Å². The third-order valence-electron chi connectivity index (χ3n) is 5.90. The molecule has 11 heteroatoms. The molecule has 1 saturated heterocycles. The maximum absolute atomic E-state index is 13.2. The van der Waals surface area contributed by atoms with E-state index in [1.807, 2.05) is 18.2 Å². The van der Waals surface area contributed by atoms with E-state index in [9.17, 15) is 14.4 Å². The van der Waals surface area contributed by atoms with Crippen LogP contribution >= 0.6 is 27.5 Å². The molecule has 0 unspecified atom stereocenters. The van der Waals surface area contributed by atoms with Gasteiger partial charge in [-0.1, -0.05) is 23.7 Å². The first kappa shape index (κ1) is 25.6. The summed E-state index contributed by atoms with van der Waals surface area (Å²) in [7, 11) is 1.48. The predicted molar refractivity (Wildman–Crippen MR) is 143 cm³/mol. The first-order valence-electron chi connectivity index (χ1n) is 11.3. The Morgan fingerprint density at radius 3 is 2.63 bits per heavy atom. The zero-order chi connectivity index (χ0) is 27.0. The van der Waals surface area contributed by atoms with Crippen LogP contribution in [0.15, 0.2) is 58.6 Å². The fourth-order valence-corrected chi connectivity index (χ4v) is 4.68. The number of halogens is 2. The number of nitrogens with one attached hydrogen (secondary N) is 1. The second kappa shape index (κ2) is 10.4. The number of fused-ring (bicyclic) bond motifs is 1. The highest BCUT2D eigenvalue weighted by molar-refractivity contribution is 9.10. The summed E-state index contributed by atoms with van der Waals surface area (Å²) >= 11 is 9.67. The number of benzene rings is 3. The van der Waals surface area contributed by atoms with Crippen LogP contribution in [0.4, 0.5) is 10.5 Å². The van der Waals surface area contributed by atoms with E-state index in [2.05, 4.69) is 21.2 Å². The van der Waals surface area contributed by atoms with E-state index in [-0.39, 0.29) is 24.7 Å². The van der Waals surface area contributed by atoms with Gasteiger partial charge in [-0.3, -0.25) is 14.9 Å². The zero-order valence-electron chi connectivity index (χ0n) is 20.2. The number of hydrogen-bond donors (Lipinski definition) is 1. The van der Waals surface area contributed by atoms with Gasteiger partial charge in [-0.05, 0) is 82.0 Å². The monoisotopic (exact) mass is 598 g/mol. The number of rotatable bonds is 6. The summed E-state index contributed by atoms with van der Waals surface area (Å²) in [6.07, 6.45) is 1.38. The van der Waals surface area contributed by atoms with E-state index in [1.165, 1.54) is 19.3 Å². The van der Waals surface area contributed by atoms with E-state index in [0.717, 1.165) is 16.0 Å². The summed E-state index contributed by atoms with van der Waals surface area (Å²) in [6, 6.07) is 12.7. The Hall–Kier alpha value is -4.02. The number of nitrogens with zero attached hydrogens (tertiary/aromatic N) is 1. The van der Waals surface area contributed by atoms with Gasteiger partial charge >= 0.3 is 6.03 Å². The van der Waals surface area contributed by atoms with Crippen LogP contribution in [0.25, 0.3) is 6.08 Å². The molecule has 1 N–H and O–H groups in total. The minimum Gasteiger partial charge on any atom is -0.493 e. The van der Waals surface area contributed by atoms with Crippen LogP contribution in [0.1, 0.15) is 16.7 Å². The van der Waals surface area contributed by atoms with Crippen molar-refractivity contribution in [2.24, 2.45) is 0 Å². The van der Waals surface area contributed by atoms with E-state index in [0.29, 0.717) is 38.1 Å². The summed E-state index contributed by atoms with van der Waals surface area (Å²) in [4.78, 5) is 39.2. The molecule has 3 aromatic rings. The number of amides is 4. The maximum Gasteiger partial charge on any atom is 0.335 e. The number of carbonyl (C=O) groups excluding carboxylic acids is 3. The molecule has 0 spiro atoms. The summed E-state index contributed by atoms with van der Waals surface area (Å²) in [6.45, 7) is 2.21. The minimum absolute atomic E-state index is 0.182. The summed E-state index contributed by atoms with van der Waals surface area (Å²) in [5, 5.41) is 2.59. The molecule has 0 atom stereocenters. The lowest BCUT2D eigenvalue weighted by molar-refractivity contribution is -0.122. The van der Waals surface area contributed by atoms with E-state index in [4.69, 9.17) is 30.5 Å². The molecule has 38 heavy (non-hydrogen) atoms. The highest BCUT2D eigenvalue weighted by atomic mass is 79.9. The molecule has 0 bridgehead atoms. The van der Waals surface area contributed by atoms with Crippen LogP contribution in [0, 0.1) is 6.92 Å². The summed E-state index contributed by atoms with van der Waals surface area (Å²) in [5.41, 5.74) is 2.13. The lowest BCUT2D eigenvalue weighted by Crippen LogP contribution is -2.54. The number of barbiturate groups is 1. The molecule has 0 radical (unpaired) electrons. The van der Waals surface area contributed by atoms with Crippen LogP contribution in [0.3, 0.4) is 0 Å². The molecule has 194 valence electrons. The van der Waals surface area contributed by atoms with Gasteiger partial charge in [0.1, 0.15) is 12.2 Å². The normalized spacial score (nSPS) is 15.6. The molecule has 2 aliphatic rings. The van der Waals surface area contributed by atoms with Crippen molar-refractivity contribution in [2.45, 2.75) is 13.5 Å². The fourth-order valence-electron chi connectivity index (χ4n) is 3.93. The smallest absolute Gasteiger partial charge is 0.335 e. The van der Waals surface area contributed by atoms with Crippen molar-refractivity contribution >= 4 is 57.1 Å². The van der Waals surface area contributed by atoms with Gasteiger partial charge < -0.3 is 18.9 Å². The number of urea groups is 1. The zero-order valence-corrected chi connectivity index (χ0v) is 22.5. The highest BCUT2D eigenvalue weighted by Gasteiger charge is 2.37. The minimum atomic E-state index is -0.858. The predicted octanol–water partition coefficient (Wildman–Crippen LogP) is 5.39. The number of imide groups is 2. The lowest BCUT2D eigenvalue weighted by Gasteiger charge is -2.26. The lowest BCUT2D eigenvalue weighted by atomic mass is 10.1. The van der Waals surface area contributed by atoms with Crippen molar-refractivity contribution in [2.75, 3.05) is 18.8 Å². The quantitative estimate of drug-likeness (QED) is 0.299. The number of anilines is 1. The Bertz CT molecular complexity index is 1520. The van der Waals surface area contributed by atoms with Crippen molar-refractivity contribution in [1.29, 1.82) is 0 Å². The molecule has 0 aromatic heterocycles. The van der Waals surface area contributed by atoms with Crippen molar-refractivity contribution in [3.05, 3.63) is 80.3 Å². The third kappa shape index (κ3) is 4.92. The van der Waals surface area contributed by atoms with Crippen molar-refractivity contribution in [3.8, 4) is 23.0 Å². The number of ether oxygens (including phenoxy) is 4. The Balaban J connectivity index is 1.41. The molecule has 1 fully saturated rings. The molecule has 2 aliphatic heterocycles. The second-order valence-electron chi connectivity index (χ2n) is 8.40. The van der Waals surface area contributed by atoms with Gasteiger partial charge in [-0.2, -0.15) is 0 Å².